The van der Waals surface area contributed by atoms with Crippen LogP contribution in [0.25, 0.3) is 0 Å². The molecule has 0 radical (unpaired) electrons. The van der Waals surface area contributed by atoms with Gasteiger partial charge in [-0.3, -0.25) is 4.79 Å². The highest BCUT2D eigenvalue weighted by Gasteiger charge is 2.29. The van der Waals surface area contributed by atoms with Gasteiger partial charge in [-0.05, 0) is 54.4 Å². The molecule has 0 spiro atoms. The molecule has 0 aliphatic carbocycles. The molecule has 1 atom stereocenters. The normalized spacial score (nSPS) is 11.9. The first-order chi connectivity index (χ1) is 17.9. The predicted molar refractivity (Wildman–Crippen MR) is 144 cm³/mol. The molecule has 37 heavy (non-hydrogen) atoms. The van der Waals surface area contributed by atoms with Crippen molar-refractivity contribution in [3.05, 3.63) is 114 Å². The number of benzene rings is 4. The van der Waals surface area contributed by atoms with Gasteiger partial charge < -0.3 is 14.8 Å². The number of anilines is 1. The minimum Gasteiger partial charge on any atom is -0.495 e. The molecule has 1 amide bonds. The van der Waals surface area contributed by atoms with Crippen LogP contribution in [0.2, 0.25) is 5.02 Å². The highest BCUT2D eigenvalue weighted by Crippen LogP contribution is 2.30. The molecule has 0 aliphatic heterocycles. The van der Waals surface area contributed by atoms with Gasteiger partial charge in [-0.1, -0.05) is 72.3 Å². The fourth-order valence-corrected chi connectivity index (χ4v) is 5.27. The van der Waals surface area contributed by atoms with E-state index in [1.807, 2.05) is 48.5 Å². The van der Waals surface area contributed by atoms with E-state index in [0.717, 1.165) is 5.56 Å². The Morgan fingerprint density at radius 1 is 0.865 bits per heavy atom. The van der Waals surface area contributed by atoms with Crippen molar-refractivity contribution in [1.29, 1.82) is 0 Å². The summed E-state index contributed by atoms with van der Waals surface area (Å²) in [6.45, 7) is 0. The Bertz CT molecular complexity index is 1460. The lowest BCUT2D eigenvalue weighted by molar-refractivity contribution is -0.117. The van der Waals surface area contributed by atoms with Gasteiger partial charge in [-0.2, -0.15) is 4.72 Å². The summed E-state index contributed by atoms with van der Waals surface area (Å²) in [7, 11) is -2.83. The van der Waals surface area contributed by atoms with Crippen LogP contribution < -0.4 is 19.5 Å². The first-order valence-corrected chi connectivity index (χ1v) is 13.2. The number of hydrogen-bond acceptors (Lipinski definition) is 5. The zero-order valence-corrected chi connectivity index (χ0v) is 21.5. The highest BCUT2D eigenvalue weighted by molar-refractivity contribution is 7.89. The molecule has 9 heteroatoms. The molecule has 0 saturated carbocycles. The molecule has 0 saturated heterocycles. The van der Waals surface area contributed by atoms with Crippen LogP contribution in [0.15, 0.2) is 108 Å². The molecule has 2 N–H and O–H groups in total. The maximum atomic E-state index is 13.5. The second-order valence-electron chi connectivity index (χ2n) is 8.06. The largest absolute Gasteiger partial charge is 0.495 e. The maximum Gasteiger partial charge on any atom is 0.245 e. The van der Waals surface area contributed by atoms with E-state index in [1.54, 1.807) is 36.4 Å². The smallest absolute Gasteiger partial charge is 0.245 e. The van der Waals surface area contributed by atoms with Gasteiger partial charge >= 0.3 is 0 Å². The van der Waals surface area contributed by atoms with E-state index >= 15 is 0 Å². The van der Waals surface area contributed by atoms with Gasteiger partial charge in [0.25, 0.3) is 0 Å². The topological polar surface area (TPSA) is 93.7 Å². The summed E-state index contributed by atoms with van der Waals surface area (Å²) in [4.78, 5) is 13.3. The number of halogens is 1. The van der Waals surface area contributed by atoms with Crippen molar-refractivity contribution in [2.75, 3.05) is 12.4 Å². The molecule has 190 valence electrons. The minimum atomic E-state index is -4.19. The van der Waals surface area contributed by atoms with Crippen molar-refractivity contribution in [3.63, 3.8) is 0 Å². The molecule has 0 fully saturated rings. The maximum absolute atomic E-state index is 13.5. The van der Waals surface area contributed by atoms with Crippen molar-refractivity contribution in [2.45, 2.75) is 17.4 Å². The number of hydrogen-bond donors (Lipinski definition) is 2. The number of amides is 1. The molecule has 4 aromatic rings. The quantitative estimate of drug-likeness (QED) is 0.272. The summed E-state index contributed by atoms with van der Waals surface area (Å²) in [6, 6.07) is 28.3. The molecular formula is C28H25ClN2O5S. The fraction of sp³-hybridized carbons (Fsp3) is 0.107. The van der Waals surface area contributed by atoms with Gasteiger partial charge in [0, 0.05) is 5.02 Å². The Morgan fingerprint density at radius 2 is 1.51 bits per heavy atom. The summed E-state index contributed by atoms with van der Waals surface area (Å²) >= 11 is 6.06. The Hall–Kier alpha value is -3.85. The third-order valence-electron chi connectivity index (χ3n) is 5.43. The Balaban J connectivity index is 1.63. The van der Waals surface area contributed by atoms with Gasteiger partial charge in [0.1, 0.15) is 22.4 Å². The van der Waals surface area contributed by atoms with Crippen LogP contribution in [0, 0.1) is 0 Å². The molecule has 0 unspecified atom stereocenters. The van der Waals surface area contributed by atoms with E-state index in [0.29, 0.717) is 17.2 Å². The Labute approximate surface area is 221 Å². The first kappa shape index (κ1) is 26.2. The Kier molecular flexibility index (Phi) is 8.45. The van der Waals surface area contributed by atoms with Crippen LogP contribution in [-0.4, -0.2) is 27.5 Å². The standard InChI is InChI=1S/C28H25ClN2O5S/c1-35-26-17-16-21(29)19-27(26)37(33,34)31-24(18-20-10-4-2-5-11-20)28(32)30-23-14-8-9-15-25(23)36-22-12-6-3-7-13-22/h2-17,19,24,31H,18H2,1H3,(H,30,32)/t24-/m0/s1. The van der Waals surface area contributed by atoms with Gasteiger partial charge in [-0.25, -0.2) is 8.42 Å². The van der Waals surface area contributed by atoms with E-state index in [9.17, 15) is 13.2 Å². The second-order valence-corrected chi connectivity index (χ2v) is 10.2. The second kappa shape index (κ2) is 11.9. The van der Waals surface area contributed by atoms with Gasteiger partial charge in [0.05, 0.1) is 12.8 Å². The average molecular weight is 537 g/mol. The van der Waals surface area contributed by atoms with Gasteiger partial charge in [0.15, 0.2) is 5.75 Å². The van der Waals surface area contributed by atoms with E-state index in [2.05, 4.69) is 10.0 Å². The average Bonchev–Trinajstić information content (AvgIpc) is 2.90. The molecule has 7 nitrogen and oxygen atoms in total. The summed E-state index contributed by atoms with van der Waals surface area (Å²) < 4.78 is 40.4. The SMILES string of the molecule is COc1ccc(Cl)cc1S(=O)(=O)N[C@@H](Cc1ccccc1)C(=O)Nc1ccccc1Oc1ccccc1. The molecule has 0 bridgehead atoms. The molecule has 0 aliphatic rings. The monoisotopic (exact) mass is 536 g/mol. The van der Waals surface area contributed by atoms with E-state index < -0.39 is 22.0 Å². The number of methoxy groups -OCH3 is 1. The number of carbonyl (C=O) groups is 1. The number of para-hydroxylation sites is 3. The van der Waals surface area contributed by atoms with Crippen molar-refractivity contribution >= 4 is 33.2 Å². The van der Waals surface area contributed by atoms with Crippen LogP contribution in [0.5, 0.6) is 17.2 Å². The summed E-state index contributed by atoms with van der Waals surface area (Å²) in [5, 5.41) is 3.04. The number of nitrogens with one attached hydrogen (secondary N) is 2. The van der Waals surface area contributed by atoms with Gasteiger partial charge in [0.2, 0.25) is 15.9 Å². The van der Waals surface area contributed by atoms with Crippen LogP contribution in [-0.2, 0) is 21.2 Å². The molecule has 4 aromatic carbocycles. The summed E-state index contributed by atoms with van der Waals surface area (Å²) in [5.74, 6) is 0.563. The minimum absolute atomic E-state index is 0.108. The lowest BCUT2D eigenvalue weighted by Gasteiger charge is -2.20. The molecule has 0 aromatic heterocycles. The predicted octanol–water partition coefficient (Wildman–Crippen LogP) is 5.67. The van der Waals surface area contributed by atoms with Crippen LogP contribution in [0.4, 0.5) is 5.69 Å². The number of rotatable bonds is 10. The number of ether oxygens (including phenoxy) is 2. The van der Waals surface area contributed by atoms with Gasteiger partial charge in [-0.15, -0.1) is 0 Å². The molecule has 0 heterocycles. The summed E-state index contributed by atoms with van der Waals surface area (Å²) in [5.41, 5.74) is 1.17. The fourth-order valence-electron chi connectivity index (χ4n) is 3.64. The van der Waals surface area contributed by atoms with E-state index in [1.165, 1.54) is 25.3 Å². The number of carbonyl (C=O) groups excluding carboxylic acids is 1. The zero-order valence-electron chi connectivity index (χ0n) is 19.9. The van der Waals surface area contributed by atoms with Crippen molar-refractivity contribution in [2.24, 2.45) is 0 Å². The lowest BCUT2D eigenvalue weighted by Crippen LogP contribution is -2.45. The van der Waals surface area contributed by atoms with Crippen molar-refractivity contribution in [1.82, 2.24) is 4.72 Å². The molecular weight excluding hydrogens is 512 g/mol. The van der Waals surface area contributed by atoms with Crippen LogP contribution in [0.1, 0.15) is 5.56 Å². The van der Waals surface area contributed by atoms with E-state index in [4.69, 9.17) is 21.1 Å². The first-order valence-electron chi connectivity index (χ1n) is 11.4. The lowest BCUT2D eigenvalue weighted by atomic mass is 10.1. The van der Waals surface area contributed by atoms with Crippen molar-refractivity contribution < 1.29 is 22.7 Å². The summed E-state index contributed by atoms with van der Waals surface area (Å²) in [6.07, 6.45) is 0.108. The number of sulfonamides is 1. The highest BCUT2D eigenvalue weighted by atomic mass is 35.5. The van der Waals surface area contributed by atoms with E-state index in [-0.39, 0.29) is 22.1 Å². The van der Waals surface area contributed by atoms with Crippen LogP contribution in [0.3, 0.4) is 0 Å². The zero-order chi connectivity index (χ0) is 26.3. The third-order valence-corrected chi connectivity index (χ3v) is 7.16. The van der Waals surface area contributed by atoms with Crippen LogP contribution >= 0.6 is 11.6 Å². The van der Waals surface area contributed by atoms with Crippen molar-refractivity contribution in [3.8, 4) is 17.2 Å². The third kappa shape index (κ3) is 6.89. The molecule has 4 rings (SSSR count). The Morgan fingerprint density at radius 3 is 2.22 bits per heavy atom.